The second-order valence-electron chi connectivity index (χ2n) is 4.58. The zero-order valence-corrected chi connectivity index (χ0v) is 11.0. The van der Waals surface area contributed by atoms with Crippen molar-refractivity contribution in [3.63, 3.8) is 0 Å². The number of hydrogen-bond acceptors (Lipinski definition) is 5. The number of rotatable bonds is 5. The molecule has 1 aliphatic rings. The maximum atomic E-state index is 11.8. The SMILES string of the molecule is CC(CC(=O)OC1OCOC1C(=O)O)c1ccccc1. The second-order valence-corrected chi connectivity index (χ2v) is 4.58. The van der Waals surface area contributed by atoms with Gasteiger partial charge in [0.25, 0.3) is 0 Å². The first-order valence-electron chi connectivity index (χ1n) is 6.28. The van der Waals surface area contributed by atoms with Gasteiger partial charge in [-0.05, 0) is 11.5 Å². The van der Waals surface area contributed by atoms with Gasteiger partial charge in [-0.25, -0.2) is 4.79 Å². The molecule has 0 bridgehead atoms. The fourth-order valence-electron chi connectivity index (χ4n) is 1.96. The van der Waals surface area contributed by atoms with Gasteiger partial charge in [0, 0.05) is 0 Å². The molecule has 3 atom stereocenters. The van der Waals surface area contributed by atoms with Crippen LogP contribution in [0.4, 0.5) is 0 Å². The fraction of sp³-hybridized carbons (Fsp3) is 0.429. The van der Waals surface area contributed by atoms with E-state index in [-0.39, 0.29) is 19.1 Å². The van der Waals surface area contributed by atoms with E-state index < -0.39 is 24.3 Å². The highest BCUT2D eigenvalue weighted by atomic mass is 16.8. The van der Waals surface area contributed by atoms with Crippen LogP contribution >= 0.6 is 0 Å². The summed E-state index contributed by atoms with van der Waals surface area (Å²) in [7, 11) is 0. The summed E-state index contributed by atoms with van der Waals surface area (Å²) in [4.78, 5) is 22.6. The Labute approximate surface area is 116 Å². The Morgan fingerprint density at radius 3 is 2.70 bits per heavy atom. The van der Waals surface area contributed by atoms with Crippen molar-refractivity contribution < 1.29 is 28.9 Å². The number of hydrogen-bond donors (Lipinski definition) is 1. The summed E-state index contributed by atoms with van der Waals surface area (Å²) in [5.74, 6) is -1.74. The number of esters is 1. The van der Waals surface area contributed by atoms with E-state index in [0.29, 0.717) is 0 Å². The lowest BCUT2D eigenvalue weighted by Crippen LogP contribution is -2.35. The predicted molar refractivity (Wildman–Crippen MR) is 67.8 cm³/mol. The Morgan fingerprint density at radius 2 is 2.05 bits per heavy atom. The van der Waals surface area contributed by atoms with Gasteiger partial charge >= 0.3 is 11.9 Å². The molecule has 1 saturated heterocycles. The van der Waals surface area contributed by atoms with Crippen LogP contribution in [0.1, 0.15) is 24.8 Å². The van der Waals surface area contributed by atoms with Crippen LogP contribution in [0.5, 0.6) is 0 Å². The second kappa shape index (κ2) is 6.49. The van der Waals surface area contributed by atoms with Crippen LogP contribution in [-0.2, 0) is 23.8 Å². The van der Waals surface area contributed by atoms with Crippen LogP contribution in [0.25, 0.3) is 0 Å². The molecule has 3 unspecified atom stereocenters. The zero-order valence-electron chi connectivity index (χ0n) is 11.0. The van der Waals surface area contributed by atoms with Crippen molar-refractivity contribution in [2.75, 3.05) is 6.79 Å². The smallest absolute Gasteiger partial charge is 0.339 e. The van der Waals surface area contributed by atoms with E-state index in [9.17, 15) is 9.59 Å². The van der Waals surface area contributed by atoms with E-state index in [2.05, 4.69) is 0 Å². The van der Waals surface area contributed by atoms with Gasteiger partial charge in [0.15, 0.2) is 6.79 Å². The van der Waals surface area contributed by atoms with Crippen molar-refractivity contribution in [1.29, 1.82) is 0 Å². The number of aliphatic carboxylic acids is 1. The van der Waals surface area contributed by atoms with Crippen molar-refractivity contribution in [3.05, 3.63) is 35.9 Å². The van der Waals surface area contributed by atoms with Gasteiger partial charge in [0.2, 0.25) is 12.4 Å². The molecule has 1 N–H and O–H groups in total. The molecule has 0 radical (unpaired) electrons. The topological polar surface area (TPSA) is 82.1 Å². The average Bonchev–Trinajstić information content (AvgIpc) is 2.87. The van der Waals surface area contributed by atoms with Gasteiger partial charge in [-0.2, -0.15) is 0 Å². The number of carboxylic acid groups (broad SMARTS) is 1. The maximum absolute atomic E-state index is 11.8. The van der Waals surface area contributed by atoms with Crippen LogP contribution in [0.2, 0.25) is 0 Å². The first-order chi connectivity index (χ1) is 9.58. The molecule has 1 aromatic rings. The third kappa shape index (κ3) is 3.55. The van der Waals surface area contributed by atoms with Gasteiger partial charge in [-0.3, -0.25) is 4.79 Å². The monoisotopic (exact) mass is 280 g/mol. The summed E-state index contributed by atoms with van der Waals surface area (Å²) in [5, 5.41) is 8.86. The van der Waals surface area contributed by atoms with Crippen molar-refractivity contribution in [2.45, 2.75) is 31.7 Å². The number of carbonyl (C=O) groups excluding carboxylic acids is 1. The van der Waals surface area contributed by atoms with Gasteiger partial charge in [0.05, 0.1) is 6.42 Å². The molecule has 1 aromatic carbocycles. The lowest BCUT2D eigenvalue weighted by Gasteiger charge is -2.16. The molecule has 108 valence electrons. The predicted octanol–water partition coefficient (Wildman–Crippen LogP) is 1.51. The van der Waals surface area contributed by atoms with Crippen LogP contribution in [-0.4, -0.2) is 36.2 Å². The summed E-state index contributed by atoms with van der Waals surface area (Å²) in [6.07, 6.45) is -2.29. The molecule has 0 aromatic heterocycles. The summed E-state index contributed by atoms with van der Waals surface area (Å²) < 4.78 is 14.8. The summed E-state index contributed by atoms with van der Waals surface area (Å²) in [6, 6.07) is 9.53. The van der Waals surface area contributed by atoms with Gasteiger partial charge in [-0.1, -0.05) is 37.3 Å². The molecule has 0 aliphatic carbocycles. The lowest BCUT2D eigenvalue weighted by atomic mass is 9.98. The van der Waals surface area contributed by atoms with Crippen LogP contribution in [0.15, 0.2) is 30.3 Å². The minimum absolute atomic E-state index is 0.0192. The Morgan fingerprint density at radius 1 is 1.35 bits per heavy atom. The standard InChI is InChI=1S/C14H16O6/c1-9(10-5-3-2-4-6-10)7-11(15)20-14-12(13(16)17)18-8-19-14/h2-6,9,12,14H,7-8H2,1H3,(H,16,17). The van der Waals surface area contributed by atoms with E-state index in [0.717, 1.165) is 5.56 Å². The Bertz CT molecular complexity index is 472. The molecule has 1 fully saturated rings. The lowest BCUT2D eigenvalue weighted by molar-refractivity contribution is -0.176. The van der Waals surface area contributed by atoms with Crippen molar-refractivity contribution >= 4 is 11.9 Å². The molecule has 1 aliphatic heterocycles. The van der Waals surface area contributed by atoms with Crippen molar-refractivity contribution in [2.24, 2.45) is 0 Å². The molecule has 0 saturated carbocycles. The molecular weight excluding hydrogens is 264 g/mol. The van der Waals surface area contributed by atoms with Crippen molar-refractivity contribution in [1.82, 2.24) is 0 Å². The minimum atomic E-state index is -1.26. The fourth-order valence-corrected chi connectivity index (χ4v) is 1.96. The van der Waals surface area contributed by atoms with Crippen LogP contribution in [0.3, 0.4) is 0 Å². The van der Waals surface area contributed by atoms with Gasteiger partial charge in [0.1, 0.15) is 0 Å². The Kier molecular flexibility index (Phi) is 4.70. The molecular formula is C14H16O6. The Hall–Kier alpha value is -1.92. The normalized spacial score (nSPS) is 23.2. The maximum Gasteiger partial charge on any atom is 0.339 e. The number of carbonyl (C=O) groups is 2. The highest BCUT2D eigenvalue weighted by Gasteiger charge is 2.38. The van der Waals surface area contributed by atoms with E-state index in [1.165, 1.54) is 0 Å². The largest absolute Gasteiger partial charge is 0.479 e. The van der Waals surface area contributed by atoms with Crippen LogP contribution in [0, 0.1) is 0 Å². The summed E-state index contributed by atoms with van der Waals surface area (Å²) >= 11 is 0. The van der Waals surface area contributed by atoms with Gasteiger partial charge in [-0.15, -0.1) is 0 Å². The molecule has 6 nitrogen and oxygen atoms in total. The van der Waals surface area contributed by atoms with E-state index in [1.807, 2.05) is 37.3 Å². The third-order valence-electron chi connectivity index (χ3n) is 3.06. The van der Waals surface area contributed by atoms with E-state index in [4.69, 9.17) is 19.3 Å². The zero-order chi connectivity index (χ0) is 14.5. The number of ether oxygens (including phenoxy) is 3. The summed E-state index contributed by atoms with van der Waals surface area (Å²) in [5.41, 5.74) is 1.02. The molecule has 2 rings (SSSR count). The van der Waals surface area contributed by atoms with Crippen molar-refractivity contribution in [3.8, 4) is 0 Å². The molecule has 0 amide bonds. The molecule has 0 spiro atoms. The average molecular weight is 280 g/mol. The minimum Gasteiger partial charge on any atom is -0.479 e. The molecule has 6 heteroatoms. The molecule has 20 heavy (non-hydrogen) atoms. The van der Waals surface area contributed by atoms with E-state index in [1.54, 1.807) is 0 Å². The molecule has 1 heterocycles. The summed E-state index contributed by atoms with van der Waals surface area (Å²) in [6.45, 7) is 1.71. The first-order valence-corrected chi connectivity index (χ1v) is 6.28. The third-order valence-corrected chi connectivity index (χ3v) is 3.06. The number of benzene rings is 1. The Balaban J connectivity index is 1.88. The highest BCUT2D eigenvalue weighted by molar-refractivity contribution is 5.75. The number of carboxylic acids is 1. The van der Waals surface area contributed by atoms with Gasteiger partial charge < -0.3 is 19.3 Å². The quantitative estimate of drug-likeness (QED) is 0.823. The van der Waals surface area contributed by atoms with E-state index >= 15 is 0 Å². The first kappa shape index (κ1) is 14.5. The van der Waals surface area contributed by atoms with Crippen LogP contribution < -0.4 is 0 Å². The highest BCUT2D eigenvalue weighted by Crippen LogP contribution is 2.21.